The molecule has 26 heavy (non-hydrogen) atoms. The average molecular weight is 350 g/mol. The molecule has 1 atom stereocenters. The zero-order valence-corrected chi connectivity index (χ0v) is 14.2. The molecule has 2 aromatic carbocycles. The molecule has 0 saturated heterocycles. The number of nitrogens with zero attached hydrogens (tertiary/aromatic N) is 2. The first kappa shape index (κ1) is 16.1. The van der Waals surface area contributed by atoms with Gasteiger partial charge >= 0.3 is 0 Å². The molecule has 4 rings (SSSR count). The van der Waals surface area contributed by atoms with Crippen molar-refractivity contribution in [3.8, 4) is 5.75 Å². The molecule has 1 aliphatic heterocycles. The highest BCUT2D eigenvalue weighted by atomic mass is 16.5. The van der Waals surface area contributed by atoms with Gasteiger partial charge in [-0.15, -0.1) is 0 Å². The standard InChI is InChI=1S/C19H18N4O3/c1-2-23-18(25)13-8-4-5-9-14(13)20-19(23)22-21-17(24)16-11-12-7-3-6-10-15(12)26-16/h3-10,16H,2,11H2,1H3,(H,20,22)(H,21,24). The highest BCUT2D eigenvalue weighted by Gasteiger charge is 2.28. The van der Waals surface area contributed by atoms with Crippen LogP contribution in [0.2, 0.25) is 0 Å². The summed E-state index contributed by atoms with van der Waals surface area (Å²) in [4.78, 5) is 29.4. The van der Waals surface area contributed by atoms with Gasteiger partial charge in [-0.2, -0.15) is 0 Å². The molecule has 1 aromatic heterocycles. The van der Waals surface area contributed by atoms with E-state index in [1.165, 1.54) is 4.57 Å². The second kappa shape index (κ2) is 6.51. The highest BCUT2D eigenvalue weighted by Crippen LogP contribution is 2.28. The van der Waals surface area contributed by atoms with Crippen LogP contribution in [0.3, 0.4) is 0 Å². The normalized spacial score (nSPS) is 15.3. The van der Waals surface area contributed by atoms with Crippen molar-refractivity contribution in [3.63, 3.8) is 0 Å². The van der Waals surface area contributed by atoms with Crippen molar-refractivity contribution < 1.29 is 9.53 Å². The van der Waals surface area contributed by atoms with E-state index in [2.05, 4.69) is 15.8 Å². The van der Waals surface area contributed by atoms with Crippen LogP contribution in [0, 0.1) is 0 Å². The summed E-state index contributed by atoms with van der Waals surface area (Å²) in [5.74, 6) is 0.702. The lowest BCUT2D eigenvalue weighted by Crippen LogP contribution is -2.42. The van der Waals surface area contributed by atoms with Crippen molar-refractivity contribution in [2.45, 2.75) is 26.0 Å². The molecule has 0 spiro atoms. The first-order chi connectivity index (χ1) is 12.7. The SMILES string of the molecule is CCn1c(NNC(=O)C2Cc3ccccc3O2)nc2ccccc2c1=O. The number of ether oxygens (including phenoxy) is 1. The maximum absolute atomic E-state index is 12.6. The summed E-state index contributed by atoms with van der Waals surface area (Å²) < 4.78 is 7.15. The number of para-hydroxylation sites is 2. The Balaban J connectivity index is 1.53. The molecule has 3 aromatic rings. The summed E-state index contributed by atoms with van der Waals surface area (Å²) in [6.45, 7) is 2.28. The van der Waals surface area contributed by atoms with Crippen molar-refractivity contribution in [1.29, 1.82) is 0 Å². The van der Waals surface area contributed by atoms with Crippen LogP contribution in [0.5, 0.6) is 5.75 Å². The Morgan fingerprint density at radius 3 is 2.81 bits per heavy atom. The zero-order valence-electron chi connectivity index (χ0n) is 14.2. The predicted molar refractivity (Wildman–Crippen MR) is 98.0 cm³/mol. The van der Waals surface area contributed by atoms with Crippen LogP contribution in [-0.4, -0.2) is 21.6 Å². The Morgan fingerprint density at radius 1 is 1.23 bits per heavy atom. The van der Waals surface area contributed by atoms with E-state index < -0.39 is 6.10 Å². The summed E-state index contributed by atoms with van der Waals surface area (Å²) >= 11 is 0. The molecule has 1 unspecified atom stereocenters. The smallest absolute Gasteiger partial charge is 0.279 e. The number of fused-ring (bicyclic) bond motifs is 2. The van der Waals surface area contributed by atoms with Crippen LogP contribution in [0.1, 0.15) is 12.5 Å². The largest absolute Gasteiger partial charge is 0.480 e. The number of rotatable bonds is 4. The van der Waals surface area contributed by atoms with E-state index in [1.807, 2.05) is 37.3 Å². The molecule has 2 N–H and O–H groups in total. The molecule has 0 bridgehead atoms. The molecule has 132 valence electrons. The fourth-order valence-corrected chi connectivity index (χ4v) is 3.08. The van der Waals surface area contributed by atoms with Crippen LogP contribution < -0.4 is 21.1 Å². The summed E-state index contributed by atoms with van der Waals surface area (Å²) in [7, 11) is 0. The van der Waals surface area contributed by atoms with Gasteiger partial charge in [0.05, 0.1) is 10.9 Å². The van der Waals surface area contributed by atoms with Gasteiger partial charge in [0.1, 0.15) is 5.75 Å². The first-order valence-corrected chi connectivity index (χ1v) is 8.47. The van der Waals surface area contributed by atoms with Crippen molar-refractivity contribution in [2.75, 3.05) is 5.43 Å². The molecule has 1 amide bonds. The molecule has 0 aliphatic carbocycles. The molecular formula is C19H18N4O3. The number of amides is 1. The van der Waals surface area contributed by atoms with Gasteiger partial charge < -0.3 is 4.74 Å². The molecule has 2 heterocycles. The van der Waals surface area contributed by atoms with Crippen LogP contribution in [-0.2, 0) is 17.8 Å². The fourth-order valence-electron chi connectivity index (χ4n) is 3.08. The molecule has 0 radical (unpaired) electrons. The maximum atomic E-state index is 12.6. The fraction of sp³-hybridized carbons (Fsp3) is 0.211. The summed E-state index contributed by atoms with van der Waals surface area (Å²) in [6.07, 6.45) is -0.0998. The topological polar surface area (TPSA) is 85.2 Å². The molecular weight excluding hydrogens is 332 g/mol. The molecule has 1 aliphatic rings. The number of carbonyl (C=O) groups is 1. The molecule has 7 nitrogen and oxygen atoms in total. The van der Waals surface area contributed by atoms with Gasteiger partial charge in [0.2, 0.25) is 5.95 Å². The van der Waals surface area contributed by atoms with E-state index in [0.717, 1.165) is 11.3 Å². The molecule has 7 heteroatoms. The number of benzene rings is 2. The highest BCUT2D eigenvalue weighted by molar-refractivity contribution is 5.84. The van der Waals surface area contributed by atoms with Crippen molar-refractivity contribution in [2.24, 2.45) is 0 Å². The monoisotopic (exact) mass is 350 g/mol. The molecule has 0 fully saturated rings. The number of hydrogen-bond acceptors (Lipinski definition) is 5. The minimum absolute atomic E-state index is 0.153. The quantitative estimate of drug-likeness (QED) is 0.702. The predicted octanol–water partition coefficient (Wildman–Crippen LogP) is 1.86. The lowest BCUT2D eigenvalue weighted by atomic mass is 10.1. The van der Waals surface area contributed by atoms with Gasteiger partial charge in [-0.25, -0.2) is 4.98 Å². The van der Waals surface area contributed by atoms with E-state index >= 15 is 0 Å². The number of hydrazine groups is 1. The first-order valence-electron chi connectivity index (χ1n) is 8.47. The number of aromatic nitrogens is 2. The number of nitrogens with one attached hydrogen (secondary N) is 2. The van der Waals surface area contributed by atoms with E-state index in [1.54, 1.807) is 18.2 Å². The van der Waals surface area contributed by atoms with Gasteiger partial charge in [0.15, 0.2) is 6.10 Å². The lowest BCUT2D eigenvalue weighted by molar-refractivity contribution is -0.126. The number of carbonyl (C=O) groups excluding carboxylic acids is 1. The summed E-state index contributed by atoms with van der Waals surface area (Å²) in [5.41, 5.74) is 6.80. The van der Waals surface area contributed by atoms with Crippen molar-refractivity contribution >= 4 is 22.8 Å². The Labute approximate surface area is 149 Å². The third kappa shape index (κ3) is 2.77. The summed E-state index contributed by atoms with van der Waals surface area (Å²) in [6, 6.07) is 14.7. The molecule has 0 saturated carbocycles. The van der Waals surface area contributed by atoms with Crippen molar-refractivity contribution in [3.05, 3.63) is 64.4 Å². The number of hydrogen-bond donors (Lipinski definition) is 2. The lowest BCUT2D eigenvalue weighted by Gasteiger charge is -2.16. The summed E-state index contributed by atoms with van der Waals surface area (Å²) in [5, 5.41) is 0.542. The maximum Gasteiger partial charge on any atom is 0.279 e. The third-order valence-electron chi connectivity index (χ3n) is 4.41. The van der Waals surface area contributed by atoms with Gasteiger partial charge in [-0.1, -0.05) is 30.3 Å². The Hall–Kier alpha value is -3.35. The van der Waals surface area contributed by atoms with E-state index in [9.17, 15) is 9.59 Å². The van der Waals surface area contributed by atoms with Gasteiger partial charge in [0, 0.05) is 13.0 Å². The van der Waals surface area contributed by atoms with Crippen LogP contribution in [0.25, 0.3) is 10.9 Å². The Bertz CT molecular complexity index is 1020. The van der Waals surface area contributed by atoms with E-state index in [4.69, 9.17) is 4.74 Å². The minimum atomic E-state index is -0.609. The zero-order chi connectivity index (χ0) is 18.1. The van der Waals surface area contributed by atoms with Gasteiger partial charge in [0.25, 0.3) is 11.5 Å². The van der Waals surface area contributed by atoms with E-state index in [-0.39, 0.29) is 11.5 Å². The average Bonchev–Trinajstić information content (AvgIpc) is 3.10. The Kier molecular flexibility index (Phi) is 4.04. The van der Waals surface area contributed by atoms with Crippen LogP contribution in [0.15, 0.2) is 53.3 Å². The number of anilines is 1. The third-order valence-corrected chi connectivity index (χ3v) is 4.41. The second-order valence-electron chi connectivity index (χ2n) is 6.03. The Morgan fingerprint density at radius 2 is 2.00 bits per heavy atom. The van der Waals surface area contributed by atoms with Crippen molar-refractivity contribution in [1.82, 2.24) is 15.0 Å². The van der Waals surface area contributed by atoms with Gasteiger partial charge in [-0.05, 0) is 30.7 Å². The van der Waals surface area contributed by atoms with Crippen LogP contribution >= 0.6 is 0 Å². The van der Waals surface area contributed by atoms with Gasteiger partial charge in [-0.3, -0.25) is 25.0 Å². The van der Waals surface area contributed by atoms with E-state index in [0.29, 0.717) is 29.8 Å². The second-order valence-corrected chi connectivity index (χ2v) is 6.03. The minimum Gasteiger partial charge on any atom is -0.480 e. The van der Waals surface area contributed by atoms with Crippen LogP contribution in [0.4, 0.5) is 5.95 Å².